The average molecular weight is 318 g/mol. The molecule has 2 heterocycles. The van der Waals surface area contributed by atoms with Crippen molar-refractivity contribution in [1.29, 1.82) is 0 Å². The molecule has 0 unspecified atom stereocenters. The molecule has 1 aliphatic rings. The maximum Gasteiger partial charge on any atom is 0.257 e. The van der Waals surface area contributed by atoms with E-state index in [1.807, 2.05) is 24.3 Å². The van der Waals surface area contributed by atoms with Crippen LogP contribution in [0.1, 0.15) is 22.0 Å². The highest BCUT2D eigenvalue weighted by molar-refractivity contribution is 6.29. The van der Waals surface area contributed by atoms with Crippen LogP contribution in [-0.4, -0.2) is 30.6 Å². The fraction of sp³-hybridized carbons (Fsp3) is 0.250. The van der Waals surface area contributed by atoms with Crippen LogP contribution in [0, 0.1) is 0 Å². The molecule has 1 aromatic heterocycles. The van der Waals surface area contributed by atoms with Crippen molar-refractivity contribution in [3.8, 4) is 0 Å². The first-order valence-corrected chi connectivity index (χ1v) is 7.45. The topological polar surface area (TPSA) is 63.2 Å². The molecule has 3 rings (SSSR count). The van der Waals surface area contributed by atoms with Crippen LogP contribution in [0.4, 0.5) is 5.69 Å². The molecule has 1 fully saturated rings. The van der Waals surface area contributed by atoms with E-state index in [1.54, 1.807) is 12.1 Å². The molecule has 1 amide bonds. The van der Waals surface area contributed by atoms with Crippen molar-refractivity contribution in [3.05, 3.63) is 58.9 Å². The molecule has 2 N–H and O–H groups in total. The Labute approximate surface area is 133 Å². The number of ether oxygens (including phenoxy) is 1. The number of morpholine rings is 1. The molecule has 1 saturated heterocycles. The Hall–Kier alpha value is -1.95. The molecule has 114 valence electrons. The number of hydrogen-bond acceptors (Lipinski definition) is 4. The van der Waals surface area contributed by atoms with E-state index in [1.165, 1.54) is 6.20 Å². The second-order valence-electron chi connectivity index (χ2n) is 5.01. The number of rotatable bonds is 3. The van der Waals surface area contributed by atoms with Crippen molar-refractivity contribution in [2.75, 3.05) is 25.0 Å². The minimum absolute atomic E-state index is 0.0685. The van der Waals surface area contributed by atoms with Crippen LogP contribution in [0.3, 0.4) is 0 Å². The van der Waals surface area contributed by atoms with E-state index >= 15 is 0 Å². The van der Waals surface area contributed by atoms with Crippen molar-refractivity contribution < 1.29 is 9.53 Å². The summed E-state index contributed by atoms with van der Waals surface area (Å²) in [7, 11) is 0. The van der Waals surface area contributed by atoms with Crippen molar-refractivity contribution in [3.63, 3.8) is 0 Å². The summed E-state index contributed by atoms with van der Waals surface area (Å²) >= 11 is 5.71. The van der Waals surface area contributed by atoms with Crippen LogP contribution in [-0.2, 0) is 4.74 Å². The SMILES string of the molecule is O=C(Nc1ccc([C@@H]2CNCCO2)cc1)c1ccc(Cl)nc1. The van der Waals surface area contributed by atoms with Crippen LogP contribution < -0.4 is 10.6 Å². The summed E-state index contributed by atoms with van der Waals surface area (Å²) in [6, 6.07) is 10.9. The number of carbonyl (C=O) groups is 1. The Morgan fingerprint density at radius 2 is 2.09 bits per heavy atom. The fourth-order valence-corrected chi connectivity index (χ4v) is 2.39. The van der Waals surface area contributed by atoms with E-state index in [0.29, 0.717) is 17.3 Å². The third kappa shape index (κ3) is 3.62. The molecule has 5 nitrogen and oxygen atoms in total. The van der Waals surface area contributed by atoms with Crippen LogP contribution in [0.25, 0.3) is 0 Å². The summed E-state index contributed by atoms with van der Waals surface area (Å²) in [5.74, 6) is -0.215. The lowest BCUT2D eigenvalue weighted by Gasteiger charge is -2.24. The number of benzene rings is 1. The fourth-order valence-electron chi connectivity index (χ4n) is 2.27. The Bertz CT molecular complexity index is 637. The minimum atomic E-state index is -0.215. The van der Waals surface area contributed by atoms with Gasteiger partial charge in [-0.15, -0.1) is 0 Å². The summed E-state index contributed by atoms with van der Waals surface area (Å²) in [5, 5.41) is 6.49. The van der Waals surface area contributed by atoms with Gasteiger partial charge in [-0.05, 0) is 29.8 Å². The number of amides is 1. The molecule has 22 heavy (non-hydrogen) atoms. The van der Waals surface area contributed by atoms with Gasteiger partial charge >= 0.3 is 0 Å². The number of aromatic nitrogens is 1. The van der Waals surface area contributed by atoms with Crippen molar-refractivity contribution in [2.45, 2.75) is 6.10 Å². The number of carbonyl (C=O) groups excluding carboxylic acids is 1. The molecule has 0 bridgehead atoms. The van der Waals surface area contributed by atoms with Crippen molar-refractivity contribution >= 4 is 23.2 Å². The van der Waals surface area contributed by atoms with Gasteiger partial charge in [-0.2, -0.15) is 0 Å². The van der Waals surface area contributed by atoms with E-state index in [9.17, 15) is 4.79 Å². The molecule has 1 aliphatic heterocycles. The number of nitrogens with zero attached hydrogens (tertiary/aromatic N) is 1. The molecule has 0 radical (unpaired) electrons. The quantitative estimate of drug-likeness (QED) is 0.854. The predicted molar refractivity (Wildman–Crippen MR) is 85.2 cm³/mol. The largest absolute Gasteiger partial charge is 0.371 e. The van der Waals surface area contributed by atoms with Gasteiger partial charge in [-0.3, -0.25) is 4.79 Å². The number of nitrogens with one attached hydrogen (secondary N) is 2. The maximum atomic E-state index is 12.1. The Morgan fingerprint density at radius 1 is 1.27 bits per heavy atom. The molecule has 1 aromatic carbocycles. The normalized spacial score (nSPS) is 18.0. The van der Waals surface area contributed by atoms with E-state index in [-0.39, 0.29) is 12.0 Å². The lowest BCUT2D eigenvalue weighted by atomic mass is 10.1. The van der Waals surface area contributed by atoms with E-state index in [4.69, 9.17) is 16.3 Å². The number of pyridine rings is 1. The first kappa shape index (κ1) is 15.0. The second-order valence-corrected chi connectivity index (χ2v) is 5.40. The Kier molecular flexibility index (Phi) is 4.68. The standard InChI is InChI=1S/C16H16ClN3O2/c17-15-6-3-12(9-19-15)16(21)20-13-4-1-11(2-5-13)14-10-18-7-8-22-14/h1-6,9,14,18H,7-8,10H2,(H,20,21)/t14-/m0/s1. The molecule has 0 aliphatic carbocycles. The number of hydrogen-bond donors (Lipinski definition) is 2. The van der Waals surface area contributed by atoms with Crippen molar-refractivity contribution in [1.82, 2.24) is 10.3 Å². The molecule has 0 saturated carbocycles. The number of halogens is 1. The summed E-state index contributed by atoms with van der Waals surface area (Å²) in [6.45, 7) is 2.41. The van der Waals surface area contributed by atoms with E-state index < -0.39 is 0 Å². The van der Waals surface area contributed by atoms with Gasteiger partial charge in [0.1, 0.15) is 5.15 Å². The van der Waals surface area contributed by atoms with Gasteiger partial charge in [0.2, 0.25) is 0 Å². The molecular weight excluding hydrogens is 302 g/mol. The first-order valence-electron chi connectivity index (χ1n) is 7.07. The van der Waals surface area contributed by atoms with Crippen LogP contribution in [0.2, 0.25) is 5.15 Å². The predicted octanol–water partition coefficient (Wildman–Crippen LogP) is 2.65. The monoisotopic (exact) mass is 317 g/mol. The van der Waals surface area contributed by atoms with Crippen LogP contribution >= 0.6 is 11.6 Å². The zero-order valence-corrected chi connectivity index (χ0v) is 12.6. The van der Waals surface area contributed by atoms with Gasteiger partial charge < -0.3 is 15.4 Å². The van der Waals surface area contributed by atoms with Gasteiger partial charge in [0.25, 0.3) is 5.91 Å². The molecule has 1 atom stereocenters. The zero-order valence-electron chi connectivity index (χ0n) is 11.9. The van der Waals surface area contributed by atoms with Gasteiger partial charge in [0.05, 0.1) is 18.3 Å². The van der Waals surface area contributed by atoms with Gasteiger partial charge in [-0.1, -0.05) is 23.7 Å². The summed E-state index contributed by atoms with van der Waals surface area (Å²) in [4.78, 5) is 16.0. The summed E-state index contributed by atoms with van der Waals surface area (Å²) in [5.41, 5.74) is 2.29. The van der Waals surface area contributed by atoms with Crippen molar-refractivity contribution in [2.24, 2.45) is 0 Å². The van der Waals surface area contributed by atoms with Crippen LogP contribution in [0.15, 0.2) is 42.6 Å². The Morgan fingerprint density at radius 3 is 2.73 bits per heavy atom. The third-order valence-electron chi connectivity index (χ3n) is 3.46. The van der Waals surface area contributed by atoms with Gasteiger partial charge in [-0.25, -0.2) is 4.98 Å². The summed E-state index contributed by atoms with van der Waals surface area (Å²) in [6.07, 6.45) is 1.52. The zero-order chi connectivity index (χ0) is 15.4. The Balaban J connectivity index is 1.65. The molecule has 0 spiro atoms. The highest BCUT2D eigenvalue weighted by Gasteiger charge is 2.15. The van der Waals surface area contributed by atoms with E-state index in [0.717, 1.165) is 24.3 Å². The minimum Gasteiger partial charge on any atom is -0.371 e. The second kappa shape index (κ2) is 6.87. The summed E-state index contributed by atoms with van der Waals surface area (Å²) < 4.78 is 5.69. The average Bonchev–Trinajstić information content (AvgIpc) is 2.57. The highest BCUT2D eigenvalue weighted by Crippen LogP contribution is 2.21. The molecule has 6 heteroatoms. The van der Waals surface area contributed by atoms with Gasteiger partial charge in [0, 0.05) is 25.0 Å². The third-order valence-corrected chi connectivity index (χ3v) is 3.68. The van der Waals surface area contributed by atoms with Gasteiger partial charge in [0.15, 0.2) is 0 Å². The first-order chi connectivity index (χ1) is 10.7. The van der Waals surface area contributed by atoms with Crippen LogP contribution in [0.5, 0.6) is 0 Å². The maximum absolute atomic E-state index is 12.1. The van der Waals surface area contributed by atoms with E-state index in [2.05, 4.69) is 15.6 Å². The molecule has 2 aromatic rings. The highest BCUT2D eigenvalue weighted by atomic mass is 35.5. The lowest BCUT2D eigenvalue weighted by molar-refractivity contribution is 0.0277. The smallest absolute Gasteiger partial charge is 0.257 e. The lowest BCUT2D eigenvalue weighted by Crippen LogP contribution is -2.33. The molecular formula is C16H16ClN3O2. The number of anilines is 1.